The molecule has 6 aromatic rings. The lowest BCUT2D eigenvalue weighted by Crippen LogP contribution is -2.28. The third-order valence-corrected chi connectivity index (χ3v) is 12.3. The van der Waals surface area contributed by atoms with Gasteiger partial charge in [0, 0.05) is 17.7 Å². The zero-order chi connectivity index (χ0) is 27.6. The lowest BCUT2D eigenvalue weighted by Gasteiger charge is -2.35. The highest BCUT2D eigenvalue weighted by atomic mass is 31.1. The molecule has 1 aliphatic rings. The summed E-state index contributed by atoms with van der Waals surface area (Å²) in [4.78, 5) is 2.30. The number of fused-ring (bicyclic) bond motifs is 2. The van der Waals surface area contributed by atoms with E-state index < -0.39 is 15.8 Å². The van der Waals surface area contributed by atoms with Crippen molar-refractivity contribution in [1.82, 2.24) is 0 Å². The van der Waals surface area contributed by atoms with Crippen molar-refractivity contribution in [3.05, 3.63) is 158 Å². The van der Waals surface area contributed by atoms with E-state index in [0.717, 1.165) is 22.9 Å². The van der Waals surface area contributed by atoms with Crippen molar-refractivity contribution in [3.63, 3.8) is 0 Å². The van der Waals surface area contributed by atoms with Crippen LogP contribution in [-0.4, -0.2) is 7.05 Å². The van der Waals surface area contributed by atoms with E-state index in [1.54, 1.807) is 0 Å². The Morgan fingerprint density at radius 2 is 0.707 bits per heavy atom. The van der Waals surface area contributed by atoms with Crippen molar-refractivity contribution in [3.8, 4) is 11.5 Å². The maximum atomic E-state index is 7.15. The van der Waals surface area contributed by atoms with Crippen molar-refractivity contribution in [2.45, 2.75) is 0 Å². The van der Waals surface area contributed by atoms with E-state index >= 15 is 0 Å². The molecule has 7 rings (SSSR count). The molecule has 1 aliphatic heterocycles. The highest BCUT2D eigenvalue weighted by molar-refractivity contribution is 7.80. The van der Waals surface area contributed by atoms with Crippen LogP contribution in [0.5, 0.6) is 11.5 Å². The molecule has 41 heavy (non-hydrogen) atoms. The van der Waals surface area contributed by atoms with E-state index in [9.17, 15) is 0 Å². The molecule has 4 heteroatoms. The Morgan fingerprint density at radius 1 is 0.390 bits per heavy atom. The van der Waals surface area contributed by atoms with Crippen LogP contribution in [0.2, 0.25) is 0 Å². The fourth-order valence-electron chi connectivity index (χ4n) is 5.51. The summed E-state index contributed by atoms with van der Waals surface area (Å²) >= 11 is 0. The number of hydrogen-bond acceptors (Lipinski definition) is 2. The monoisotopic (exact) mass is 565 g/mol. The van der Waals surface area contributed by atoms with E-state index in [0.29, 0.717) is 0 Å². The van der Waals surface area contributed by atoms with E-state index in [-0.39, 0.29) is 0 Å². The SMILES string of the molecule is CN1c2cccc(P(c3ccccc3)c3ccccc3)c2Oc2c1cccc2P(c1ccccc1)c1ccccc1. The summed E-state index contributed by atoms with van der Waals surface area (Å²) in [6.07, 6.45) is 0. The first kappa shape index (κ1) is 25.7. The molecular weight excluding hydrogens is 536 g/mol. The van der Waals surface area contributed by atoms with Crippen LogP contribution in [0.1, 0.15) is 0 Å². The Balaban J connectivity index is 1.42. The third kappa shape index (κ3) is 4.85. The van der Waals surface area contributed by atoms with E-state index in [2.05, 4.69) is 170 Å². The number of para-hydroxylation sites is 2. The molecule has 0 fully saturated rings. The summed E-state index contributed by atoms with van der Waals surface area (Å²) in [7, 11) is 0.505. The quantitative estimate of drug-likeness (QED) is 0.200. The van der Waals surface area contributed by atoms with Crippen molar-refractivity contribution in [2.24, 2.45) is 0 Å². The summed E-state index contributed by atoms with van der Waals surface area (Å²) in [5, 5.41) is 7.69. The molecule has 0 amide bonds. The van der Waals surface area contributed by atoms with Crippen molar-refractivity contribution in [1.29, 1.82) is 0 Å². The topological polar surface area (TPSA) is 12.5 Å². The van der Waals surface area contributed by atoms with Crippen LogP contribution in [0.25, 0.3) is 0 Å². The summed E-state index contributed by atoms with van der Waals surface area (Å²) < 4.78 is 7.15. The molecule has 0 bridgehead atoms. The molecule has 6 aromatic carbocycles. The zero-order valence-corrected chi connectivity index (χ0v) is 24.5. The number of hydrogen-bond donors (Lipinski definition) is 0. The van der Waals surface area contributed by atoms with Crippen molar-refractivity contribution < 1.29 is 4.74 Å². The zero-order valence-electron chi connectivity index (χ0n) is 22.8. The predicted molar refractivity (Wildman–Crippen MR) is 178 cm³/mol. The molecule has 0 spiro atoms. The van der Waals surface area contributed by atoms with E-state index in [1.807, 2.05) is 0 Å². The van der Waals surface area contributed by atoms with Crippen LogP contribution in [0, 0.1) is 0 Å². The molecule has 0 atom stereocenters. The number of anilines is 2. The second-order valence-electron chi connectivity index (χ2n) is 9.92. The molecule has 0 aromatic heterocycles. The summed E-state index contributed by atoms with van der Waals surface area (Å²) in [6, 6.07) is 56.6. The Bertz CT molecular complexity index is 1570. The lowest BCUT2D eigenvalue weighted by atomic mass is 10.2. The Morgan fingerprint density at radius 3 is 1.02 bits per heavy atom. The Labute approximate surface area is 244 Å². The number of rotatable bonds is 6. The van der Waals surface area contributed by atoms with Gasteiger partial charge in [-0.2, -0.15) is 0 Å². The smallest absolute Gasteiger partial charge is 0.159 e. The van der Waals surface area contributed by atoms with Gasteiger partial charge in [-0.05, 0) is 61.3 Å². The van der Waals surface area contributed by atoms with Gasteiger partial charge < -0.3 is 9.64 Å². The minimum atomic E-state index is -0.828. The van der Waals surface area contributed by atoms with Gasteiger partial charge in [0.2, 0.25) is 0 Å². The number of ether oxygens (including phenoxy) is 1. The average Bonchev–Trinajstić information content (AvgIpc) is 3.04. The Kier molecular flexibility index (Phi) is 7.12. The van der Waals surface area contributed by atoms with Gasteiger partial charge in [-0.1, -0.05) is 133 Å². The molecular formula is C37H29NOP2. The largest absolute Gasteiger partial charge is 0.452 e. The minimum Gasteiger partial charge on any atom is -0.452 e. The molecule has 198 valence electrons. The molecule has 1 heterocycles. The van der Waals surface area contributed by atoms with Crippen molar-refractivity contribution in [2.75, 3.05) is 11.9 Å². The summed E-state index contributed by atoms with van der Waals surface area (Å²) in [5.74, 6) is 1.90. The molecule has 0 unspecified atom stereocenters. The van der Waals surface area contributed by atoms with Gasteiger partial charge >= 0.3 is 0 Å². The van der Waals surface area contributed by atoms with E-state index in [4.69, 9.17) is 4.74 Å². The Hall–Kier alpha value is -4.22. The first-order valence-electron chi connectivity index (χ1n) is 13.8. The molecule has 0 saturated carbocycles. The standard InChI is InChI=1S/C37H29NOP2/c1-38-32-24-14-26-34(40(28-16-6-2-7-17-28)29-18-8-3-9-19-29)36(32)39-37-33(38)25-15-27-35(37)41(30-20-10-4-11-21-30)31-22-12-5-13-23-31/h2-27H,1H3. The predicted octanol–water partition coefficient (Wildman–Crippen LogP) is 7.08. The number of nitrogens with zero attached hydrogens (tertiary/aromatic N) is 1. The normalized spacial score (nSPS) is 12.1. The maximum absolute atomic E-state index is 7.15. The van der Waals surface area contributed by atoms with Crippen LogP contribution >= 0.6 is 15.8 Å². The minimum absolute atomic E-state index is 0.828. The molecule has 0 radical (unpaired) electrons. The van der Waals surface area contributed by atoms with Crippen LogP contribution in [-0.2, 0) is 0 Å². The second-order valence-corrected chi connectivity index (χ2v) is 14.3. The van der Waals surface area contributed by atoms with Gasteiger partial charge in [0.05, 0.1) is 11.4 Å². The highest BCUT2D eigenvalue weighted by Gasteiger charge is 2.32. The summed E-state index contributed by atoms with van der Waals surface area (Å²) in [5.41, 5.74) is 2.19. The van der Waals surface area contributed by atoms with E-state index in [1.165, 1.54) is 31.8 Å². The fraction of sp³-hybridized carbons (Fsp3) is 0.0270. The number of benzene rings is 6. The first-order valence-corrected chi connectivity index (χ1v) is 16.5. The van der Waals surface area contributed by atoms with Gasteiger partial charge in [-0.3, -0.25) is 0 Å². The molecule has 0 saturated heterocycles. The van der Waals surface area contributed by atoms with Gasteiger partial charge in [0.15, 0.2) is 11.5 Å². The lowest BCUT2D eigenvalue weighted by molar-refractivity contribution is 0.483. The first-order chi connectivity index (χ1) is 20.3. The molecule has 0 N–H and O–H groups in total. The van der Waals surface area contributed by atoms with Crippen LogP contribution in [0.3, 0.4) is 0 Å². The van der Waals surface area contributed by atoms with Gasteiger partial charge in [-0.15, -0.1) is 0 Å². The third-order valence-electron chi connectivity index (χ3n) is 7.41. The van der Waals surface area contributed by atoms with Gasteiger partial charge in [-0.25, -0.2) is 0 Å². The fourth-order valence-corrected chi connectivity index (χ4v) is 10.3. The maximum Gasteiger partial charge on any atom is 0.159 e. The second kappa shape index (κ2) is 11.3. The summed E-state index contributed by atoms with van der Waals surface area (Å²) in [6.45, 7) is 0. The van der Waals surface area contributed by atoms with Crippen molar-refractivity contribution >= 4 is 59.0 Å². The molecule has 2 nitrogen and oxygen atoms in total. The average molecular weight is 566 g/mol. The van der Waals surface area contributed by atoms with Crippen LogP contribution < -0.4 is 41.5 Å². The van der Waals surface area contributed by atoms with Crippen LogP contribution in [0.4, 0.5) is 11.4 Å². The van der Waals surface area contributed by atoms with Gasteiger partial charge in [0.1, 0.15) is 0 Å². The van der Waals surface area contributed by atoms with Crippen LogP contribution in [0.15, 0.2) is 158 Å². The van der Waals surface area contributed by atoms with Gasteiger partial charge in [0.25, 0.3) is 0 Å². The molecule has 0 aliphatic carbocycles. The highest BCUT2D eigenvalue weighted by Crippen LogP contribution is 2.51.